The molecule has 0 unspecified atom stereocenters. The molecule has 120 valence electrons. The van der Waals surface area contributed by atoms with Gasteiger partial charge in [-0.1, -0.05) is 13.0 Å². The van der Waals surface area contributed by atoms with Crippen molar-refractivity contribution in [3.63, 3.8) is 0 Å². The van der Waals surface area contributed by atoms with Crippen LogP contribution in [0.1, 0.15) is 30.5 Å². The van der Waals surface area contributed by atoms with E-state index in [9.17, 15) is 17.6 Å². The minimum atomic E-state index is -4.64. The number of nitrogens with one attached hydrogen (secondary N) is 1. The number of benzene rings is 1. The Morgan fingerprint density at radius 3 is 2.33 bits per heavy atom. The molecule has 1 N–H and O–H groups in total. The smallest absolute Gasteiger partial charge is 0.314 e. The highest BCUT2D eigenvalue weighted by molar-refractivity contribution is 5.85. The summed E-state index contributed by atoms with van der Waals surface area (Å²) >= 11 is 0. The van der Waals surface area contributed by atoms with Gasteiger partial charge in [-0.3, -0.25) is 4.90 Å². The van der Waals surface area contributed by atoms with Gasteiger partial charge in [-0.2, -0.15) is 13.2 Å². The highest BCUT2D eigenvalue weighted by Gasteiger charge is 2.34. The summed E-state index contributed by atoms with van der Waals surface area (Å²) in [5.41, 5.74) is -0.587. The lowest BCUT2D eigenvalue weighted by Crippen LogP contribution is -2.45. The van der Waals surface area contributed by atoms with Gasteiger partial charge in [0.15, 0.2) is 0 Å². The van der Waals surface area contributed by atoms with Gasteiger partial charge in [-0.05, 0) is 24.1 Å². The summed E-state index contributed by atoms with van der Waals surface area (Å²) in [7, 11) is 0. The van der Waals surface area contributed by atoms with Crippen LogP contribution in [0.15, 0.2) is 18.2 Å². The SMILES string of the molecule is CC[C@@H](c1ccc(C(F)(F)F)c(F)c1)N1CCNCC1.Cl. The van der Waals surface area contributed by atoms with E-state index in [0.717, 1.165) is 44.7 Å². The van der Waals surface area contributed by atoms with Crippen LogP contribution in [-0.2, 0) is 6.18 Å². The van der Waals surface area contributed by atoms with Gasteiger partial charge in [-0.25, -0.2) is 4.39 Å². The van der Waals surface area contributed by atoms with Gasteiger partial charge >= 0.3 is 6.18 Å². The average Bonchev–Trinajstić information content (AvgIpc) is 2.39. The number of hydrogen-bond donors (Lipinski definition) is 1. The third-order valence-corrected chi connectivity index (χ3v) is 3.66. The Labute approximate surface area is 127 Å². The first-order valence-electron chi connectivity index (χ1n) is 6.75. The van der Waals surface area contributed by atoms with Gasteiger partial charge in [0, 0.05) is 32.2 Å². The van der Waals surface area contributed by atoms with Crippen LogP contribution in [0.5, 0.6) is 0 Å². The fourth-order valence-electron chi connectivity index (χ4n) is 2.67. The second-order valence-corrected chi connectivity index (χ2v) is 4.95. The number of rotatable bonds is 3. The third-order valence-electron chi connectivity index (χ3n) is 3.66. The lowest BCUT2D eigenvalue weighted by molar-refractivity contribution is -0.140. The Bertz CT molecular complexity index is 459. The molecule has 0 spiro atoms. The standard InChI is InChI=1S/C14H18F4N2.ClH/c1-2-13(20-7-5-19-6-8-20)10-3-4-11(12(15)9-10)14(16,17)18;/h3-4,9,13,19H,2,5-8H2,1H3;1H/t13-;/m0./s1. The predicted molar refractivity (Wildman–Crippen MR) is 76.1 cm³/mol. The van der Waals surface area contributed by atoms with Crippen molar-refractivity contribution in [3.8, 4) is 0 Å². The Morgan fingerprint density at radius 1 is 1.24 bits per heavy atom. The van der Waals surface area contributed by atoms with Crippen molar-refractivity contribution in [2.24, 2.45) is 0 Å². The predicted octanol–water partition coefficient (Wildman–Crippen LogP) is 3.62. The van der Waals surface area contributed by atoms with Gasteiger partial charge in [0.1, 0.15) is 5.82 Å². The van der Waals surface area contributed by atoms with E-state index in [2.05, 4.69) is 10.2 Å². The van der Waals surface area contributed by atoms with Crippen molar-refractivity contribution in [2.75, 3.05) is 26.2 Å². The Hall–Kier alpha value is -0.850. The molecule has 1 aliphatic rings. The normalized spacial score (nSPS) is 18.1. The quantitative estimate of drug-likeness (QED) is 0.853. The second-order valence-electron chi connectivity index (χ2n) is 4.95. The van der Waals surface area contributed by atoms with Gasteiger partial charge in [0.25, 0.3) is 0 Å². The van der Waals surface area contributed by atoms with E-state index < -0.39 is 17.6 Å². The number of hydrogen-bond acceptors (Lipinski definition) is 2. The second kappa shape index (κ2) is 7.42. The monoisotopic (exact) mass is 326 g/mol. The molecule has 0 aromatic heterocycles. The molecule has 0 amide bonds. The van der Waals surface area contributed by atoms with Crippen LogP contribution in [0.3, 0.4) is 0 Å². The fourth-order valence-corrected chi connectivity index (χ4v) is 2.67. The van der Waals surface area contributed by atoms with Crippen LogP contribution in [0.2, 0.25) is 0 Å². The number of alkyl halides is 3. The molecule has 1 fully saturated rings. The van der Waals surface area contributed by atoms with Crippen molar-refractivity contribution in [1.29, 1.82) is 0 Å². The van der Waals surface area contributed by atoms with E-state index in [-0.39, 0.29) is 18.4 Å². The van der Waals surface area contributed by atoms with Gasteiger partial charge in [-0.15, -0.1) is 12.4 Å². The van der Waals surface area contributed by atoms with Crippen LogP contribution < -0.4 is 5.32 Å². The first kappa shape index (κ1) is 18.2. The van der Waals surface area contributed by atoms with Crippen LogP contribution in [-0.4, -0.2) is 31.1 Å². The highest BCUT2D eigenvalue weighted by atomic mass is 35.5. The van der Waals surface area contributed by atoms with Crippen molar-refractivity contribution < 1.29 is 17.6 Å². The van der Waals surface area contributed by atoms with Gasteiger partial charge in [0.2, 0.25) is 0 Å². The number of piperazine rings is 1. The maximum Gasteiger partial charge on any atom is 0.419 e. The summed E-state index contributed by atoms with van der Waals surface area (Å²) < 4.78 is 51.3. The first-order chi connectivity index (χ1) is 9.43. The molecule has 1 aromatic carbocycles. The van der Waals surface area contributed by atoms with E-state index in [4.69, 9.17) is 0 Å². The zero-order chi connectivity index (χ0) is 14.8. The van der Waals surface area contributed by atoms with Crippen LogP contribution >= 0.6 is 12.4 Å². The number of halogens is 5. The van der Waals surface area contributed by atoms with Crippen molar-refractivity contribution in [3.05, 3.63) is 35.1 Å². The molecule has 0 aliphatic carbocycles. The van der Waals surface area contributed by atoms with Gasteiger partial charge < -0.3 is 5.32 Å². The minimum absolute atomic E-state index is 0. The molecule has 1 heterocycles. The van der Waals surface area contributed by atoms with Crippen molar-refractivity contribution >= 4 is 12.4 Å². The third kappa shape index (κ3) is 4.31. The molecule has 21 heavy (non-hydrogen) atoms. The lowest BCUT2D eigenvalue weighted by Gasteiger charge is -2.34. The first-order valence-corrected chi connectivity index (χ1v) is 6.75. The molecule has 1 saturated heterocycles. The Morgan fingerprint density at radius 2 is 1.86 bits per heavy atom. The molecule has 0 radical (unpaired) electrons. The summed E-state index contributed by atoms with van der Waals surface area (Å²) in [6.07, 6.45) is -3.90. The zero-order valence-electron chi connectivity index (χ0n) is 11.7. The number of nitrogens with zero attached hydrogens (tertiary/aromatic N) is 1. The Balaban J connectivity index is 0.00000220. The maximum atomic E-state index is 13.7. The van der Waals surface area contributed by atoms with Crippen LogP contribution in [0.4, 0.5) is 17.6 Å². The van der Waals surface area contributed by atoms with E-state index in [1.54, 1.807) is 0 Å². The molecule has 1 atom stereocenters. The lowest BCUT2D eigenvalue weighted by atomic mass is 10.00. The summed E-state index contributed by atoms with van der Waals surface area (Å²) in [5.74, 6) is -1.19. The molecule has 7 heteroatoms. The highest BCUT2D eigenvalue weighted by Crippen LogP contribution is 2.34. The largest absolute Gasteiger partial charge is 0.419 e. The van der Waals surface area contributed by atoms with Gasteiger partial charge in [0.05, 0.1) is 5.56 Å². The summed E-state index contributed by atoms with van der Waals surface area (Å²) in [4.78, 5) is 2.18. The summed E-state index contributed by atoms with van der Waals surface area (Å²) in [5, 5.41) is 3.22. The Kier molecular flexibility index (Phi) is 6.43. The molecular formula is C14H19ClF4N2. The van der Waals surface area contributed by atoms with Crippen molar-refractivity contribution in [1.82, 2.24) is 10.2 Å². The summed E-state index contributed by atoms with van der Waals surface area (Å²) in [6, 6.07) is 3.23. The minimum Gasteiger partial charge on any atom is -0.314 e. The molecule has 0 bridgehead atoms. The zero-order valence-corrected chi connectivity index (χ0v) is 12.5. The summed E-state index contributed by atoms with van der Waals surface area (Å²) in [6.45, 7) is 5.30. The van der Waals surface area contributed by atoms with Crippen LogP contribution in [0, 0.1) is 5.82 Å². The van der Waals surface area contributed by atoms with E-state index >= 15 is 0 Å². The fraction of sp³-hybridized carbons (Fsp3) is 0.571. The molecule has 0 saturated carbocycles. The van der Waals surface area contributed by atoms with E-state index in [1.165, 1.54) is 6.07 Å². The molecule has 1 aromatic rings. The topological polar surface area (TPSA) is 15.3 Å². The molecule has 2 nitrogen and oxygen atoms in total. The average molecular weight is 327 g/mol. The molecular weight excluding hydrogens is 308 g/mol. The molecule has 2 rings (SSSR count). The van der Waals surface area contributed by atoms with E-state index in [1.807, 2.05) is 6.92 Å². The van der Waals surface area contributed by atoms with Crippen LogP contribution in [0.25, 0.3) is 0 Å². The maximum absolute atomic E-state index is 13.7. The van der Waals surface area contributed by atoms with E-state index in [0.29, 0.717) is 5.56 Å². The van der Waals surface area contributed by atoms with Crippen molar-refractivity contribution in [2.45, 2.75) is 25.6 Å². The molecule has 1 aliphatic heterocycles.